The van der Waals surface area contributed by atoms with E-state index >= 15 is 0 Å². The van der Waals surface area contributed by atoms with E-state index < -0.39 is 28.9 Å². The van der Waals surface area contributed by atoms with Crippen LogP contribution < -0.4 is 25.2 Å². The van der Waals surface area contributed by atoms with Crippen LogP contribution >= 0.6 is 23.8 Å². The molecule has 348 valence electrons. The molecule has 0 saturated carbocycles. The van der Waals surface area contributed by atoms with Gasteiger partial charge in [-0.05, 0) is 105 Å². The Bertz CT molecular complexity index is 2630. The van der Waals surface area contributed by atoms with Crippen LogP contribution in [0.2, 0.25) is 5.02 Å². The normalized spacial score (nSPS) is 16.2. The summed E-state index contributed by atoms with van der Waals surface area (Å²) in [5.74, 6) is -0.0246. The van der Waals surface area contributed by atoms with Crippen molar-refractivity contribution in [1.29, 1.82) is 5.26 Å². The molecule has 0 spiro atoms. The number of carbonyl (C=O) groups is 4. The van der Waals surface area contributed by atoms with Crippen LogP contribution in [0.4, 0.5) is 11.4 Å². The van der Waals surface area contributed by atoms with E-state index in [-0.39, 0.29) is 29.4 Å². The molecule has 2 aliphatic heterocycles. The Morgan fingerprint density at radius 1 is 0.970 bits per heavy atom. The highest BCUT2D eigenvalue weighted by Gasteiger charge is 2.50. The molecule has 2 atom stereocenters. The maximum atomic E-state index is 13.9. The smallest absolute Gasteiger partial charge is 0.259 e. The van der Waals surface area contributed by atoms with E-state index in [1.54, 1.807) is 46.5 Å². The zero-order valence-corrected chi connectivity index (χ0v) is 39.7. The second kappa shape index (κ2) is 20.9. The molecule has 0 aliphatic carbocycles. The van der Waals surface area contributed by atoms with Crippen molar-refractivity contribution in [2.45, 2.75) is 84.5 Å². The highest BCUT2D eigenvalue weighted by atomic mass is 35.5. The zero-order valence-electron chi connectivity index (χ0n) is 38.1. The molecule has 2 N–H and O–H groups in total. The number of thiocarbonyl (C=S) groups is 1. The number of pyridine rings is 1. The number of benzene rings is 3. The summed E-state index contributed by atoms with van der Waals surface area (Å²) in [6.07, 6.45) is 7.26. The quantitative estimate of drug-likeness (QED) is 0.0681. The monoisotopic (exact) mass is 944 g/mol. The third-order valence-electron chi connectivity index (χ3n) is 11.8. The van der Waals surface area contributed by atoms with E-state index in [9.17, 15) is 24.4 Å². The predicted octanol–water partition coefficient (Wildman–Crippen LogP) is 7.86. The molecule has 17 heteroatoms. The summed E-state index contributed by atoms with van der Waals surface area (Å²) in [5.41, 5.74) is 3.52. The van der Waals surface area contributed by atoms with Crippen molar-refractivity contribution in [1.82, 2.24) is 25.5 Å². The van der Waals surface area contributed by atoms with Gasteiger partial charge in [0.25, 0.3) is 5.91 Å². The van der Waals surface area contributed by atoms with E-state index in [0.717, 1.165) is 27.9 Å². The minimum Gasteiger partial charge on any atom is -0.478 e. The number of nitrogens with one attached hydrogen (secondary N) is 2. The lowest BCUT2D eigenvalue weighted by Gasteiger charge is -2.35. The van der Waals surface area contributed by atoms with E-state index in [2.05, 4.69) is 20.6 Å². The number of likely N-dealkylation sites (tertiary alicyclic amines) is 1. The molecule has 0 bridgehead atoms. The van der Waals surface area contributed by atoms with Gasteiger partial charge in [-0.25, -0.2) is 9.97 Å². The number of nitrogens with zero attached hydrogens (tertiary/aromatic N) is 6. The number of rotatable bonds is 17. The number of anilines is 2. The minimum absolute atomic E-state index is 0.211. The van der Waals surface area contributed by atoms with Gasteiger partial charge in [0.2, 0.25) is 23.6 Å². The molecular weight excluding hydrogens is 892 g/mol. The molecular formula is C50H53ClN8O7S. The molecule has 7 rings (SSSR count). The number of hydrogen-bond acceptors (Lipinski definition) is 11. The third kappa shape index (κ3) is 11.1. The molecule has 5 aromatic rings. The molecule has 2 saturated heterocycles. The number of aromatic nitrogens is 2. The van der Waals surface area contributed by atoms with Crippen LogP contribution in [0.15, 0.2) is 102 Å². The second-order valence-corrected chi connectivity index (χ2v) is 18.7. The van der Waals surface area contributed by atoms with Gasteiger partial charge in [-0.1, -0.05) is 68.8 Å². The molecule has 1 unspecified atom stereocenters. The van der Waals surface area contributed by atoms with E-state index in [4.69, 9.17) is 37.7 Å². The first-order valence-electron chi connectivity index (χ1n) is 22.1. The molecule has 3 aromatic carbocycles. The number of halogens is 1. The summed E-state index contributed by atoms with van der Waals surface area (Å²) in [6.45, 7) is 10.5. The Morgan fingerprint density at radius 3 is 2.33 bits per heavy atom. The summed E-state index contributed by atoms with van der Waals surface area (Å²) in [7, 11) is 0. The molecule has 2 aliphatic rings. The maximum absolute atomic E-state index is 13.9. The molecule has 4 amide bonds. The summed E-state index contributed by atoms with van der Waals surface area (Å²) in [5, 5.41) is 15.7. The van der Waals surface area contributed by atoms with Crippen molar-refractivity contribution in [3.05, 3.63) is 114 Å². The highest BCUT2D eigenvalue weighted by Crippen LogP contribution is 2.38. The third-order valence-corrected chi connectivity index (χ3v) is 12.4. The number of unbranched alkanes of at least 4 members (excludes halogenated alkanes) is 1. The van der Waals surface area contributed by atoms with Crippen molar-refractivity contribution in [3.8, 4) is 34.4 Å². The van der Waals surface area contributed by atoms with Crippen LogP contribution in [0.3, 0.4) is 0 Å². The largest absolute Gasteiger partial charge is 0.478 e. The van der Waals surface area contributed by atoms with Gasteiger partial charge in [0, 0.05) is 48.8 Å². The number of carbonyl (C=O) groups excluding carboxylic acids is 4. The fraction of sp³-hybridized carbons (Fsp3) is 0.360. The van der Waals surface area contributed by atoms with Crippen molar-refractivity contribution < 1.29 is 33.1 Å². The SMILES string of the molecule is CC(C)(C)C(NC(=O)COCCCCOc1ccc(-c2ccc(N3C(=S)N(c4ccc(C#N)c(Cl)c4)C(=O)C3(C)C)cc2)cn1)C(=O)N1CCC[C@H]1C(=O)NCc1ccc(-c2cnco2)cc1. The molecule has 2 fully saturated rings. The number of ether oxygens (including phenoxy) is 2. The number of nitriles is 1. The zero-order chi connectivity index (χ0) is 47.9. The van der Waals surface area contributed by atoms with E-state index in [0.29, 0.717) is 80.0 Å². The van der Waals surface area contributed by atoms with Crippen LogP contribution in [0.1, 0.15) is 71.4 Å². The summed E-state index contributed by atoms with van der Waals surface area (Å²) in [4.78, 5) is 67.2. The predicted molar refractivity (Wildman–Crippen MR) is 258 cm³/mol. The van der Waals surface area contributed by atoms with Crippen molar-refractivity contribution in [2.75, 3.05) is 36.2 Å². The first-order valence-corrected chi connectivity index (χ1v) is 22.9. The Labute approximate surface area is 400 Å². The van der Waals surface area contributed by atoms with Gasteiger partial charge in [0.15, 0.2) is 17.3 Å². The van der Waals surface area contributed by atoms with Crippen LogP contribution in [0.25, 0.3) is 22.5 Å². The van der Waals surface area contributed by atoms with Crippen molar-refractivity contribution in [3.63, 3.8) is 0 Å². The van der Waals surface area contributed by atoms with Gasteiger partial charge in [-0.15, -0.1) is 0 Å². The van der Waals surface area contributed by atoms with Gasteiger partial charge in [-0.3, -0.25) is 24.1 Å². The fourth-order valence-corrected chi connectivity index (χ4v) is 8.79. The number of hydrogen-bond donors (Lipinski definition) is 2. The second-order valence-electron chi connectivity index (χ2n) is 18.0. The molecule has 67 heavy (non-hydrogen) atoms. The van der Waals surface area contributed by atoms with Crippen LogP contribution in [0, 0.1) is 16.7 Å². The molecule has 2 aromatic heterocycles. The number of oxazole rings is 1. The summed E-state index contributed by atoms with van der Waals surface area (Å²) < 4.78 is 16.9. The van der Waals surface area contributed by atoms with Crippen LogP contribution in [-0.2, 0) is 30.5 Å². The van der Waals surface area contributed by atoms with Crippen molar-refractivity contribution in [2.24, 2.45) is 5.41 Å². The Balaban J connectivity index is 0.822. The average molecular weight is 946 g/mol. The molecule has 0 radical (unpaired) electrons. The van der Waals surface area contributed by atoms with Crippen LogP contribution in [-0.4, -0.2) is 87.6 Å². The van der Waals surface area contributed by atoms with Gasteiger partial charge >= 0.3 is 0 Å². The van der Waals surface area contributed by atoms with Gasteiger partial charge < -0.3 is 34.3 Å². The molecule has 15 nitrogen and oxygen atoms in total. The Hall–Kier alpha value is -6.67. The van der Waals surface area contributed by atoms with Crippen LogP contribution in [0.5, 0.6) is 5.88 Å². The van der Waals surface area contributed by atoms with Gasteiger partial charge in [-0.2, -0.15) is 5.26 Å². The standard InChI is InChI=1S/C50H53ClN8O7S/c1-49(2,3)44(46(62)57-22-8-9-40(57)45(61)55-27-32-10-12-34(13-11-32)41-29-53-31-66-41)56-42(60)30-64-23-6-7-24-65-43-21-17-36(28-54-43)33-14-18-37(19-15-33)59-48(67)58(47(63)50(59,4)5)38-20-16-35(26-52)39(51)25-38/h10-21,25,28-29,31,40,44H,6-9,22-24,27,30H2,1-5H3,(H,55,61)(H,56,60)/t40-,44?/m0/s1. The average Bonchev–Trinajstić information content (AvgIpc) is 4.07. The lowest BCUT2D eigenvalue weighted by Crippen LogP contribution is -2.58. The first kappa shape index (κ1) is 48.3. The van der Waals surface area contributed by atoms with E-state index in [1.165, 1.54) is 11.3 Å². The Morgan fingerprint density at radius 2 is 1.67 bits per heavy atom. The van der Waals surface area contributed by atoms with Gasteiger partial charge in [0.05, 0.1) is 29.1 Å². The van der Waals surface area contributed by atoms with Crippen molar-refractivity contribution >= 4 is 63.9 Å². The first-order chi connectivity index (χ1) is 32.1. The summed E-state index contributed by atoms with van der Waals surface area (Å²) in [6, 6.07) is 24.4. The molecule has 4 heterocycles. The lowest BCUT2D eigenvalue weighted by atomic mass is 9.85. The summed E-state index contributed by atoms with van der Waals surface area (Å²) >= 11 is 12.1. The van der Waals surface area contributed by atoms with E-state index in [1.807, 2.05) is 95.3 Å². The Kier molecular flexibility index (Phi) is 15.0. The number of amides is 4. The van der Waals surface area contributed by atoms with Gasteiger partial charge in [0.1, 0.15) is 30.3 Å². The topological polar surface area (TPSA) is 183 Å². The fourth-order valence-electron chi connectivity index (χ4n) is 8.05. The maximum Gasteiger partial charge on any atom is 0.259 e. The lowest BCUT2D eigenvalue weighted by molar-refractivity contribution is -0.144. The highest BCUT2D eigenvalue weighted by molar-refractivity contribution is 7.81. The minimum atomic E-state index is -0.976.